The van der Waals surface area contributed by atoms with Gasteiger partial charge < -0.3 is 9.84 Å². The molecule has 1 heterocycles. The third-order valence-corrected chi connectivity index (χ3v) is 4.60. The fourth-order valence-corrected chi connectivity index (χ4v) is 3.37. The quantitative estimate of drug-likeness (QED) is 0.827. The lowest BCUT2D eigenvalue weighted by Gasteiger charge is -2.14. The molecule has 0 aromatic heterocycles. The number of phenols is 1. The fraction of sp³-hybridized carbons (Fsp3) is 0.158. The van der Waals surface area contributed by atoms with Crippen molar-refractivity contribution >= 4 is 34.7 Å². The molecule has 3 rings (SSSR count). The zero-order valence-electron chi connectivity index (χ0n) is 13.9. The van der Waals surface area contributed by atoms with Crippen molar-refractivity contribution in [2.45, 2.75) is 13.8 Å². The first kappa shape index (κ1) is 17.1. The van der Waals surface area contributed by atoms with Gasteiger partial charge in [0.2, 0.25) is 0 Å². The number of carbonyl (C=O) groups excluding carboxylic acids is 2. The number of aromatic hydroxyl groups is 1. The number of imide groups is 1. The van der Waals surface area contributed by atoms with Crippen LogP contribution in [0.3, 0.4) is 0 Å². The fourth-order valence-electron chi connectivity index (χ4n) is 2.53. The maximum absolute atomic E-state index is 12.7. The van der Waals surface area contributed by atoms with E-state index in [1.54, 1.807) is 30.3 Å². The molecule has 0 atom stereocenters. The highest BCUT2D eigenvalue weighted by atomic mass is 32.2. The second-order valence-corrected chi connectivity index (χ2v) is 6.46. The van der Waals surface area contributed by atoms with Crippen molar-refractivity contribution in [1.82, 2.24) is 0 Å². The third kappa shape index (κ3) is 3.39. The molecule has 1 fully saturated rings. The van der Waals surface area contributed by atoms with Gasteiger partial charge >= 0.3 is 0 Å². The second-order valence-electron chi connectivity index (χ2n) is 5.46. The molecule has 5 nitrogen and oxygen atoms in total. The molecule has 0 bridgehead atoms. The van der Waals surface area contributed by atoms with E-state index in [0.29, 0.717) is 28.5 Å². The molecule has 2 aromatic rings. The summed E-state index contributed by atoms with van der Waals surface area (Å²) in [6.45, 7) is 4.09. The Morgan fingerprint density at radius 2 is 1.96 bits per heavy atom. The normalized spacial score (nSPS) is 15.9. The standard InChI is InChI=1S/C19H17NO4S/c1-3-24-16-10-13(8-9-15(16)21)11-17-18(22)20(19(23)25-17)14-7-5-4-6-12(14)2/h4-11,21H,3H2,1-2H3/b17-11-. The van der Waals surface area contributed by atoms with E-state index in [0.717, 1.165) is 17.3 Å². The van der Waals surface area contributed by atoms with Crippen LogP contribution >= 0.6 is 11.8 Å². The molecule has 0 saturated carbocycles. The number of thioether (sulfide) groups is 1. The summed E-state index contributed by atoms with van der Waals surface area (Å²) in [6, 6.07) is 12.1. The number of phenolic OH excluding ortho intramolecular Hbond substituents is 1. The molecule has 0 radical (unpaired) electrons. The maximum atomic E-state index is 12.7. The van der Waals surface area contributed by atoms with Crippen molar-refractivity contribution in [2.75, 3.05) is 11.5 Å². The van der Waals surface area contributed by atoms with Crippen LogP contribution in [0.5, 0.6) is 11.5 Å². The summed E-state index contributed by atoms with van der Waals surface area (Å²) >= 11 is 0.899. The molecule has 0 aliphatic carbocycles. The van der Waals surface area contributed by atoms with Crippen LogP contribution in [-0.2, 0) is 4.79 Å². The van der Waals surface area contributed by atoms with Crippen LogP contribution in [0.2, 0.25) is 0 Å². The van der Waals surface area contributed by atoms with Gasteiger partial charge in [-0.05, 0) is 61.0 Å². The SMILES string of the molecule is CCOc1cc(/C=C2\SC(=O)N(c3ccccc3C)C2=O)ccc1O. The highest BCUT2D eigenvalue weighted by Gasteiger charge is 2.36. The monoisotopic (exact) mass is 355 g/mol. The van der Waals surface area contributed by atoms with Crippen LogP contribution in [0.1, 0.15) is 18.1 Å². The van der Waals surface area contributed by atoms with Crippen molar-refractivity contribution in [1.29, 1.82) is 0 Å². The van der Waals surface area contributed by atoms with Crippen LogP contribution in [0.25, 0.3) is 6.08 Å². The molecule has 1 aliphatic heterocycles. The molecule has 128 valence electrons. The van der Waals surface area contributed by atoms with Gasteiger partial charge in [0.15, 0.2) is 11.5 Å². The second kappa shape index (κ2) is 7.03. The Morgan fingerprint density at radius 1 is 1.20 bits per heavy atom. The first-order valence-electron chi connectivity index (χ1n) is 7.80. The summed E-state index contributed by atoms with van der Waals surface area (Å²) < 4.78 is 5.35. The number of anilines is 1. The minimum atomic E-state index is -0.352. The molecule has 6 heteroatoms. The van der Waals surface area contributed by atoms with Gasteiger partial charge in [-0.2, -0.15) is 0 Å². The third-order valence-electron chi connectivity index (χ3n) is 3.73. The number of amides is 2. The smallest absolute Gasteiger partial charge is 0.298 e. The van der Waals surface area contributed by atoms with Gasteiger partial charge in [-0.1, -0.05) is 24.3 Å². The number of carbonyl (C=O) groups is 2. The number of benzene rings is 2. The minimum absolute atomic E-state index is 0.0343. The molecule has 2 amide bonds. The highest BCUT2D eigenvalue weighted by Crippen LogP contribution is 2.37. The van der Waals surface area contributed by atoms with Gasteiger partial charge in [0.05, 0.1) is 17.2 Å². The summed E-state index contributed by atoms with van der Waals surface area (Å²) in [5.74, 6) is 0.0248. The van der Waals surface area contributed by atoms with Crippen molar-refractivity contribution in [3.8, 4) is 11.5 Å². The molecule has 2 aromatic carbocycles. The van der Waals surface area contributed by atoms with E-state index < -0.39 is 0 Å². The lowest BCUT2D eigenvalue weighted by Crippen LogP contribution is -2.28. The molecule has 0 spiro atoms. The van der Waals surface area contributed by atoms with Crippen LogP contribution in [0, 0.1) is 6.92 Å². The number of ether oxygens (including phenoxy) is 1. The Labute approximate surface area is 149 Å². The minimum Gasteiger partial charge on any atom is -0.504 e. The van der Waals surface area contributed by atoms with Crippen LogP contribution in [0.4, 0.5) is 10.5 Å². The first-order valence-corrected chi connectivity index (χ1v) is 8.62. The Bertz CT molecular complexity index is 875. The Hall–Kier alpha value is -2.73. The predicted molar refractivity (Wildman–Crippen MR) is 98.9 cm³/mol. The van der Waals surface area contributed by atoms with E-state index in [2.05, 4.69) is 0 Å². The predicted octanol–water partition coefficient (Wildman–Crippen LogP) is 4.34. The van der Waals surface area contributed by atoms with E-state index in [9.17, 15) is 14.7 Å². The van der Waals surface area contributed by atoms with E-state index in [1.165, 1.54) is 11.0 Å². The molecular formula is C19H17NO4S. The first-order chi connectivity index (χ1) is 12.0. The Balaban J connectivity index is 1.93. The average Bonchev–Trinajstić information content (AvgIpc) is 2.85. The van der Waals surface area contributed by atoms with Gasteiger partial charge in [0.1, 0.15) is 0 Å². The van der Waals surface area contributed by atoms with Crippen LogP contribution in [-0.4, -0.2) is 22.9 Å². The summed E-state index contributed by atoms with van der Waals surface area (Å²) in [7, 11) is 0. The Kier molecular flexibility index (Phi) is 4.81. The molecule has 25 heavy (non-hydrogen) atoms. The molecule has 1 aliphatic rings. The maximum Gasteiger partial charge on any atom is 0.298 e. The lowest BCUT2D eigenvalue weighted by atomic mass is 10.1. The summed E-state index contributed by atoms with van der Waals surface area (Å²) in [5.41, 5.74) is 2.12. The van der Waals surface area contributed by atoms with Crippen LogP contribution in [0.15, 0.2) is 47.4 Å². The lowest BCUT2D eigenvalue weighted by molar-refractivity contribution is -0.113. The summed E-state index contributed by atoms with van der Waals surface area (Å²) in [4.78, 5) is 26.5. The van der Waals surface area contributed by atoms with Gasteiger partial charge in [-0.15, -0.1) is 0 Å². The molecule has 1 N–H and O–H groups in total. The van der Waals surface area contributed by atoms with Crippen molar-refractivity contribution in [2.24, 2.45) is 0 Å². The average molecular weight is 355 g/mol. The largest absolute Gasteiger partial charge is 0.504 e. The molecular weight excluding hydrogens is 338 g/mol. The highest BCUT2D eigenvalue weighted by molar-refractivity contribution is 8.19. The van der Waals surface area contributed by atoms with E-state index in [-0.39, 0.29) is 16.9 Å². The topological polar surface area (TPSA) is 66.8 Å². The van der Waals surface area contributed by atoms with Gasteiger partial charge in [0.25, 0.3) is 11.1 Å². The van der Waals surface area contributed by atoms with Crippen LogP contribution < -0.4 is 9.64 Å². The van der Waals surface area contributed by atoms with Gasteiger partial charge in [0, 0.05) is 0 Å². The number of aryl methyl sites for hydroxylation is 1. The number of nitrogens with zero attached hydrogens (tertiary/aromatic N) is 1. The van der Waals surface area contributed by atoms with Crippen molar-refractivity contribution in [3.63, 3.8) is 0 Å². The van der Waals surface area contributed by atoms with Crippen molar-refractivity contribution in [3.05, 3.63) is 58.5 Å². The zero-order chi connectivity index (χ0) is 18.0. The van der Waals surface area contributed by atoms with E-state index in [4.69, 9.17) is 4.74 Å². The van der Waals surface area contributed by atoms with Gasteiger partial charge in [-0.3, -0.25) is 9.59 Å². The van der Waals surface area contributed by atoms with Crippen molar-refractivity contribution < 1.29 is 19.4 Å². The number of hydrogen-bond acceptors (Lipinski definition) is 5. The van der Waals surface area contributed by atoms with Gasteiger partial charge in [-0.25, -0.2) is 4.90 Å². The number of rotatable bonds is 4. The summed E-state index contributed by atoms with van der Waals surface area (Å²) in [6.07, 6.45) is 1.63. The Morgan fingerprint density at radius 3 is 2.68 bits per heavy atom. The molecule has 1 saturated heterocycles. The van der Waals surface area contributed by atoms with E-state index in [1.807, 2.05) is 26.0 Å². The van der Waals surface area contributed by atoms with E-state index >= 15 is 0 Å². The number of para-hydroxylation sites is 1. The zero-order valence-corrected chi connectivity index (χ0v) is 14.7. The number of hydrogen-bond donors (Lipinski definition) is 1. The molecule has 0 unspecified atom stereocenters. The summed E-state index contributed by atoms with van der Waals surface area (Å²) in [5, 5.41) is 9.44.